The fourth-order valence-corrected chi connectivity index (χ4v) is 5.09. The van der Waals surface area contributed by atoms with Crippen LogP contribution in [0.3, 0.4) is 0 Å². The molecule has 1 aliphatic heterocycles. The van der Waals surface area contributed by atoms with Crippen molar-refractivity contribution in [1.82, 2.24) is 0 Å². The van der Waals surface area contributed by atoms with Gasteiger partial charge in [-0.05, 0) is 48.2 Å². The average molecular weight is 551 g/mol. The first-order valence-electron chi connectivity index (χ1n) is 11.6. The Hall–Kier alpha value is -3.95. The van der Waals surface area contributed by atoms with E-state index in [1.165, 1.54) is 0 Å². The molecule has 5 rings (SSSR count). The Morgan fingerprint density at radius 3 is 1.21 bits per heavy atom. The highest BCUT2D eigenvalue weighted by Gasteiger charge is 2.41. The van der Waals surface area contributed by atoms with Gasteiger partial charge in [0, 0.05) is 5.41 Å². The molecule has 0 atom stereocenters. The number of hydrogen-bond acceptors (Lipinski definition) is 1. The lowest BCUT2D eigenvalue weighted by atomic mass is 9.73. The van der Waals surface area contributed by atoms with E-state index < -0.39 is 74.6 Å². The second-order valence-corrected chi connectivity index (χ2v) is 9.93. The van der Waals surface area contributed by atoms with E-state index in [0.29, 0.717) is 22.3 Å². The van der Waals surface area contributed by atoms with Gasteiger partial charge in [0.15, 0.2) is 46.5 Å². The zero-order chi connectivity index (χ0) is 28.7. The van der Waals surface area contributed by atoms with E-state index >= 15 is 17.6 Å². The molecule has 1 aliphatic rings. The van der Waals surface area contributed by atoms with Crippen molar-refractivity contribution >= 4 is 17.1 Å². The highest BCUT2D eigenvalue weighted by molar-refractivity contribution is 5.88. The van der Waals surface area contributed by atoms with Crippen LogP contribution in [-0.2, 0) is 5.41 Å². The molecule has 0 amide bonds. The summed E-state index contributed by atoms with van der Waals surface area (Å²) < 4.78 is 132. The minimum absolute atomic E-state index is 0.179. The van der Waals surface area contributed by atoms with Gasteiger partial charge >= 0.3 is 0 Å². The Bertz CT molecular complexity index is 1590. The Morgan fingerprint density at radius 2 is 0.821 bits per heavy atom. The summed E-state index contributed by atoms with van der Waals surface area (Å²) in [6.07, 6.45) is 0. The van der Waals surface area contributed by atoms with Gasteiger partial charge in [-0.15, -0.1) is 0 Å². The van der Waals surface area contributed by atoms with Crippen molar-refractivity contribution < 1.29 is 39.5 Å². The van der Waals surface area contributed by atoms with Gasteiger partial charge in [-0.1, -0.05) is 38.1 Å². The molecule has 0 aliphatic carbocycles. The van der Waals surface area contributed by atoms with Crippen LogP contribution in [0, 0.1) is 66.2 Å². The molecule has 0 N–H and O–H groups in total. The van der Waals surface area contributed by atoms with Crippen LogP contribution in [0.2, 0.25) is 0 Å². The van der Waals surface area contributed by atoms with E-state index in [-0.39, 0.29) is 11.4 Å². The maximum absolute atomic E-state index is 15.8. The van der Waals surface area contributed by atoms with Gasteiger partial charge < -0.3 is 4.90 Å². The van der Waals surface area contributed by atoms with Crippen LogP contribution in [0.1, 0.15) is 36.1 Å². The van der Waals surface area contributed by atoms with Gasteiger partial charge in [-0.25, -0.2) is 39.5 Å². The lowest BCUT2D eigenvalue weighted by Crippen LogP contribution is -2.32. The lowest BCUT2D eigenvalue weighted by Gasteiger charge is -2.42. The monoisotopic (exact) mass is 551 g/mol. The maximum Gasteiger partial charge on any atom is 0.200 e. The second-order valence-electron chi connectivity index (χ2n) is 9.93. The van der Waals surface area contributed by atoms with Crippen LogP contribution >= 0.6 is 0 Å². The molecule has 0 aromatic heterocycles. The highest BCUT2D eigenvalue weighted by Crippen LogP contribution is 2.54. The van der Waals surface area contributed by atoms with Crippen molar-refractivity contribution in [3.8, 4) is 11.1 Å². The molecule has 202 valence electrons. The molecule has 1 heterocycles. The summed E-state index contributed by atoms with van der Waals surface area (Å²) >= 11 is 0. The smallest absolute Gasteiger partial charge is 0.200 e. The topological polar surface area (TPSA) is 3.24 Å². The molecule has 10 heteroatoms. The third kappa shape index (κ3) is 3.64. The van der Waals surface area contributed by atoms with E-state index in [9.17, 15) is 22.0 Å². The number of anilines is 3. The number of nitrogens with zero attached hydrogens (tertiary/aromatic N) is 1. The Balaban J connectivity index is 1.89. The molecule has 0 saturated heterocycles. The molecule has 0 unspecified atom stereocenters. The van der Waals surface area contributed by atoms with Gasteiger partial charge in [0.05, 0.1) is 22.5 Å². The number of rotatable bonds is 2. The Kier molecular flexibility index (Phi) is 6.01. The van der Waals surface area contributed by atoms with E-state index in [0.717, 1.165) is 4.90 Å². The third-order valence-corrected chi connectivity index (χ3v) is 7.06. The standard InChI is InChI=1S/C29H18F9N/c1-11-5-7-13-15(9-11)39(16-10-12(2)6-8-14(16)29(13,3)4)28-26(37)21(32)18(22(33)27(28)38)17-19(30)23(34)25(36)24(35)20(17)31/h5-10H,1-4H3. The van der Waals surface area contributed by atoms with E-state index in [4.69, 9.17) is 0 Å². The fourth-order valence-electron chi connectivity index (χ4n) is 5.09. The van der Waals surface area contributed by atoms with Crippen LogP contribution < -0.4 is 4.90 Å². The molecule has 0 bridgehead atoms. The van der Waals surface area contributed by atoms with Crippen molar-refractivity contribution in [1.29, 1.82) is 0 Å². The molecule has 0 spiro atoms. The zero-order valence-corrected chi connectivity index (χ0v) is 20.8. The van der Waals surface area contributed by atoms with Crippen LogP contribution in [0.4, 0.5) is 56.6 Å². The number of aryl methyl sites for hydroxylation is 2. The van der Waals surface area contributed by atoms with Crippen molar-refractivity contribution in [3.05, 3.63) is 111 Å². The lowest BCUT2D eigenvalue weighted by molar-refractivity contribution is 0.379. The van der Waals surface area contributed by atoms with Crippen molar-refractivity contribution in [2.45, 2.75) is 33.1 Å². The summed E-state index contributed by atoms with van der Waals surface area (Å²) in [7, 11) is 0. The summed E-state index contributed by atoms with van der Waals surface area (Å²) in [6.45, 7) is 7.09. The number of fused-ring (bicyclic) bond motifs is 2. The minimum Gasteiger partial charge on any atom is -0.304 e. The molecule has 0 saturated carbocycles. The van der Waals surface area contributed by atoms with Gasteiger partial charge in [0.25, 0.3) is 0 Å². The fraction of sp³-hybridized carbons (Fsp3) is 0.172. The molecule has 39 heavy (non-hydrogen) atoms. The first kappa shape index (κ1) is 26.6. The molecule has 4 aromatic carbocycles. The van der Waals surface area contributed by atoms with Gasteiger partial charge in [-0.3, -0.25) is 0 Å². The van der Waals surface area contributed by atoms with Crippen LogP contribution in [0.5, 0.6) is 0 Å². The van der Waals surface area contributed by atoms with Gasteiger partial charge in [0.2, 0.25) is 5.82 Å². The van der Waals surface area contributed by atoms with Crippen LogP contribution in [0.25, 0.3) is 11.1 Å². The van der Waals surface area contributed by atoms with Crippen molar-refractivity contribution in [2.24, 2.45) is 0 Å². The number of hydrogen-bond donors (Lipinski definition) is 0. The SMILES string of the molecule is Cc1ccc2c(c1)N(c1c(F)c(F)c(-c3c(F)c(F)c(F)c(F)c3F)c(F)c1F)c1cc(C)ccc1C2(C)C. The maximum atomic E-state index is 15.8. The van der Waals surface area contributed by atoms with E-state index in [1.807, 2.05) is 13.8 Å². The second kappa shape index (κ2) is 8.79. The Labute approximate surface area is 217 Å². The molecule has 0 radical (unpaired) electrons. The predicted molar refractivity (Wildman–Crippen MR) is 128 cm³/mol. The average Bonchev–Trinajstić information content (AvgIpc) is 2.88. The molecular formula is C29H18F9N. The third-order valence-electron chi connectivity index (χ3n) is 7.06. The summed E-state index contributed by atoms with van der Waals surface area (Å²) in [4.78, 5) is 0.953. The first-order chi connectivity index (χ1) is 18.2. The predicted octanol–water partition coefficient (Wildman–Crippen LogP) is 9.33. The Morgan fingerprint density at radius 1 is 0.487 bits per heavy atom. The van der Waals surface area contributed by atoms with Gasteiger partial charge in [0.1, 0.15) is 5.69 Å². The van der Waals surface area contributed by atoms with E-state index in [1.54, 1.807) is 50.2 Å². The van der Waals surface area contributed by atoms with Crippen LogP contribution in [-0.4, -0.2) is 0 Å². The van der Waals surface area contributed by atoms with Crippen molar-refractivity contribution in [3.63, 3.8) is 0 Å². The highest BCUT2D eigenvalue weighted by atomic mass is 19.2. The summed E-state index contributed by atoms with van der Waals surface area (Å²) in [6, 6.07) is 10.00. The van der Waals surface area contributed by atoms with Crippen molar-refractivity contribution in [2.75, 3.05) is 4.90 Å². The number of halogens is 9. The molecule has 0 fully saturated rings. The van der Waals surface area contributed by atoms with Crippen LogP contribution in [0.15, 0.2) is 36.4 Å². The van der Waals surface area contributed by atoms with Gasteiger partial charge in [-0.2, -0.15) is 0 Å². The minimum atomic E-state index is -2.61. The summed E-state index contributed by atoms with van der Waals surface area (Å²) in [5.74, 6) is -21.8. The van der Waals surface area contributed by atoms with E-state index in [2.05, 4.69) is 0 Å². The molecular weight excluding hydrogens is 533 g/mol. The quantitative estimate of drug-likeness (QED) is 0.136. The largest absolute Gasteiger partial charge is 0.304 e. The summed E-state index contributed by atoms with van der Waals surface area (Å²) in [5, 5.41) is 0. The number of benzene rings is 4. The molecule has 1 nitrogen and oxygen atoms in total. The summed E-state index contributed by atoms with van der Waals surface area (Å²) in [5.41, 5.74) is -3.42. The first-order valence-corrected chi connectivity index (χ1v) is 11.6. The normalized spacial score (nSPS) is 13.9. The zero-order valence-electron chi connectivity index (χ0n) is 20.8. The molecule has 4 aromatic rings.